The van der Waals surface area contributed by atoms with Gasteiger partial charge in [0.25, 0.3) is 0 Å². The van der Waals surface area contributed by atoms with E-state index in [1.807, 2.05) is 13.0 Å². The predicted molar refractivity (Wildman–Crippen MR) is 58.9 cm³/mol. The van der Waals surface area contributed by atoms with Crippen LogP contribution in [-0.2, 0) is 4.79 Å². The summed E-state index contributed by atoms with van der Waals surface area (Å²) in [6.07, 6.45) is 8.56. The van der Waals surface area contributed by atoms with Crippen LogP contribution in [0, 0.1) is 11.8 Å². The molecular formula is C12H21NO. The van der Waals surface area contributed by atoms with Crippen molar-refractivity contribution in [1.29, 1.82) is 0 Å². The van der Waals surface area contributed by atoms with Crippen molar-refractivity contribution in [1.82, 2.24) is 5.32 Å². The lowest BCUT2D eigenvalue weighted by Gasteiger charge is -2.14. The van der Waals surface area contributed by atoms with E-state index in [1.165, 1.54) is 12.8 Å². The van der Waals surface area contributed by atoms with E-state index in [-0.39, 0.29) is 11.8 Å². The first-order valence-electron chi connectivity index (χ1n) is 5.64. The normalized spacial score (nSPS) is 27.0. The van der Waals surface area contributed by atoms with Crippen LogP contribution in [0.5, 0.6) is 0 Å². The van der Waals surface area contributed by atoms with Gasteiger partial charge in [-0.2, -0.15) is 0 Å². The molecule has 2 heteroatoms. The molecule has 0 aromatic carbocycles. The molecule has 0 saturated heterocycles. The van der Waals surface area contributed by atoms with Crippen LogP contribution >= 0.6 is 0 Å². The quantitative estimate of drug-likeness (QED) is 0.542. The molecule has 2 atom stereocenters. The van der Waals surface area contributed by atoms with Gasteiger partial charge in [-0.1, -0.05) is 25.5 Å². The number of hydrogen-bond acceptors (Lipinski definition) is 1. The van der Waals surface area contributed by atoms with Crippen LogP contribution in [-0.4, -0.2) is 12.5 Å². The molecule has 80 valence electrons. The summed E-state index contributed by atoms with van der Waals surface area (Å²) < 4.78 is 0. The molecule has 2 nitrogen and oxygen atoms in total. The molecule has 1 aliphatic carbocycles. The second kappa shape index (κ2) is 5.84. The summed E-state index contributed by atoms with van der Waals surface area (Å²) in [5.74, 6) is 1.12. The van der Waals surface area contributed by atoms with E-state index in [0.717, 1.165) is 19.4 Å². The second-order valence-corrected chi connectivity index (χ2v) is 4.16. The number of hydrogen-bond donors (Lipinski definition) is 1. The summed E-state index contributed by atoms with van der Waals surface area (Å²) in [4.78, 5) is 11.7. The third kappa shape index (κ3) is 3.17. The van der Waals surface area contributed by atoms with Gasteiger partial charge >= 0.3 is 0 Å². The van der Waals surface area contributed by atoms with Crippen molar-refractivity contribution >= 4 is 5.91 Å². The van der Waals surface area contributed by atoms with E-state index < -0.39 is 0 Å². The molecule has 1 saturated carbocycles. The molecule has 0 spiro atoms. The first-order valence-corrected chi connectivity index (χ1v) is 5.64. The van der Waals surface area contributed by atoms with E-state index >= 15 is 0 Å². The second-order valence-electron chi connectivity index (χ2n) is 4.16. The molecule has 0 aromatic heterocycles. The summed E-state index contributed by atoms with van der Waals surface area (Å²) in [5.41, 5.74) is 0. The maximum atomic E-state index is 11.7. The molecular weight excluding hydrogens is 174 g/mol. The average molecular weight is 195 g/mol. The molecule has 0 aromatic rings. The van der Waals surface area contributed by atoms with Gasteiger partial charge in [0.15, 0.2) is 0 Å². The zero-order valence-electron chi connectivity index (χ0n) is 9.25. The Kier molecular flexibility index (Phi) is 4.71. The van der Waals surface area contributed by atoms with Crippen molar-refractivity contribution in [2.24, 2.45) is 11.8 Å². The lowest BCUT2D eigenvalue weighted by molar-refractivity contribution is -0.125. The van der Waals surface area contributed by atoms with Crippen LogP contribution in [0.3, 0.4) is 0 Å². The van der Waals surface area contributed by atoms with Gasteiger partial charge < -0.3 is 5.32 Å². The fraction of sp³-hybridized carbons (Fsp3) is 0.750. The highest BCUT2D eigenvalue weighted by atomic mass is 16.1. The molecule has 1 aliphatic rings. The summed E-state index contributed by atoms with van der Waals surface area (Å²) in [5, 5.41) is 3.00. The van der Waals surface area contributed by atoms with Gasteiger partial charge in [0.05, 0.1) is 0 Å². The minimum absolute atomic E-state index is 0.263. The van der Waals surface area contributed by atoms with Crippen molar-refractivity contribution < 1.29 is 4.79 Å². The molecule has 1 amide bonds. The van der Waals surface area contributed by atoms with Crippen molar-refractivity contribution in [3.8, 4) is 0 Å². The molecule has 14 heavy (non-hydrogen) atoms. The van der Waals surface area contributed by atoms with E-state index in [9.17, 15) is 4.79 Å². The highest BCUT2D eigenvalue weighted by Crippen LogP contribution is 2.30. The number of rotatable bonds is 4. The Morgan fingerprint density at radius 3 is 2.86 bits per heavy atom. The Morgan fingerprint density at radius 2 is 2.29 bits per heavy atom. The number of amides is 1. The summed E-state index contributed by atoms with van der Waals surface area (Å²) in [7, 11) is 0. The molecule has 0 radical (unpaired) electrons. The fourth-order valence-electron chi connectivity index (χ4n) is 2.11. The maximum Gasteiger partial charge on any atom is 0.223 e. The number of carbonyl (C=O) groups excluding carboxylic acids is 1. The van der Waals surface area contributed by atoms with Crippen LogP contribution in [0.2, 0.25) is 0 Å². The first-order chi connectivity index (χ1) is 6.75. The number of carbonyl (C=O) groups is 1. The Bertz CT molecular complexity index is 210. The number of nitrogens with one attached hydrogen (secondary N) is 1. The summed E-state index contributed by atoms with van der Waals surface area (Å²) in [6, 6.07) is 0. The highest BCUT2D eigenvalue weighted by molar-refractivity contribution is 5.79. The summed E-state index contributed by atoms with van der Waals surface area (Å²) >= 11 is 0. The van der Waals surface area contributed by atoms with Crippen molar-refractivity contribution in [2.45, 2.75) is 39.5 Å². The van der Waals surface area contributed by atoms with Crippen LogP contribution < -0.4 is 5.32 Å². The van der Waals surface area contributed by atoms with Crippen LogP contribution in [0.1, 0.15) is 39.5 Å². The zero-order valence-corrected chi connectivity index (χ0v) is 9.25. The first kappa shape index (κ1) is 11.3. The Labute approximate surface area is 86.8 Å². The zero-order chi connectivity index (χ0) is 10.4. The minimum atomic E-state index is 0.263. The third-order valence-corrected chi connectivity index (χ3v) is 3.04. The Balaban J connectivity index is 2.20. The molecule has 1 N–H and O–H groups in total. The van der Waals surface area contributed by atoms with Crippen LogP contribution in [0.15, 0.2) is 12.2 Å². The van der Waals surface area contributed by atoms with E-state index in [1.54, 1.807) is 0 Å². The van der Waals surface area contributed by atoms with Crippen molar-refractivity contribution in [3.05, 3.63) is 12.2 Å². The Hall–Kier alpha value is -0.790. The predicted octanol–water partition coefficient (Wildman–Crippen LogP) is 2.51. The lowest BCUT2D eigenvalue weighted by atomic mass is 9.97. The average Bonchev–Trinajstić information content (AvgIpc) is 2.59. The highest BCUT2D eigenvalue weighted by Gasteiger charge is 2.28. The summed E-state index contributed by atoms with van der Waals surface area (Å²) in [6.45, 7) is 4.97. The maximum absolute atomic E-state index is 11.7. The molecule has 1 fully saturated rings. The van der Waals surface area contributed by atoms with Gasteiger partial charge in [-0.3, -0.25) is 4.79 Å². The topological polar surface area (TPSA) is 29.1 Å². The SMILES string of the molecule is C/C=C/CCNC(=O)C1CCCC1C. The van der Waals surface area contributed by atoms with Gasteiger partial charge in [-0.15, -0.1) is 0 Å². The van der Waals surface area contributed by atoms with E-state index in [0.29, 0.717) is 5.92 Å². The van der Waals surface area contributed by atoms with Crippen LogP contribution in [0.4, 0.5) is 0 Å². The van der Waals surface area contributed by atoms with Gasteiger partial charge in [-0.05, 0) is 32.1 Å². The molecule has 0 heterocycles. The number of allylic oxidation sites excluding steroid dienone is 1. The minimum Gasteiger partial charge on any atom is -0.356 e. The molecule has 0 aliphatic heterocycles. The van der Waals surface area contributed by atoms with Crippen molar-refractivity contribution in [2.75, 3.05) is 6.54 Å². The monoisotopic (exact) mass is 195 g/mol. The van der Waals surface area contributed by atoms with Gasteiger partial charge in [0.1, 0.15) is 0 Å². The fourth-order valence-corrected chi connectivity index (χ4v) is 2.11. The largest absolute Gasteiger partial charge is 0.356 e. The molecule has 0 bridgehead atoms. The standard InChI is InChI=1S/C12H21NO/c1-3-4-5-9-13-12(14)11-8-6-7-10(11)2/h3-4,10-11H,5-9H2,1-2H3,(H,13,14)/b4-3+. The van der Waals surface area contributed by atoms with Crippen molar-refractivity contribution in [3.63, 3.8) is 0 Å². The van der Waals surface area contributed by atoms with Gasteiger partial charge in [-0.25, -0.2) is 0 Å². The smallest absolute Gasteiger partial charge is 0.223 e. The Morgan fingerprint density at radius 1 is 1.50 bits per heavy atom. The molecule has 1 rings (SSSR count). The third-order valence-electron chi connectivity index (χ3n) is 3.04. The van der Waals surface area contributed by atoms with Gasteiger partial charge in [0, 0.05) is 12.5 Å². The van der Waals surface area contributed by atoms with E-state index in [4.69, 9.17) is 0 Å². The van der Waals surface area contributed by atoms with Gasteiger partial charge in [0.2, 0.25) is 5.91 Å². The molecule has 2 unspecified atom stereocenters. The lowest BCUT2D eigenvalue weighted by Crippen LogP contribution is -2.32. The van der Waals surface area contributed by atoms with Crippen LogP contribution in [0.25, 0.3) is 0 Å². The van der Waals surface area contributed by atoms with E-state index in [2.05, 4.69) is 18.3 Å².